The highest BCUT2D eigenvalue weighted by Crippen LogP contribution is 2.40. The summed E-state index contributed by atoms with van der Waals surface area (Å²) in [6, 6.07) is 8.70. The lowest BCUT2D eigenvalue weighted by atomic mass is 10.0. The molecule has 1 aliphatic heterocycles. The van der Waals surface area contributed by atoms with Gasteiger partial charge in [-0.25, -0.2) is 18.6 Å². The molecule has 2 aromatic carbocycles. The van der Waals surface area contributed by atoms with E-state index in [0.29, 0.717) is 17.9 Å². The molecular formula is C26H24F5N4O3P. The van der Waals surface area contributed by atoms with E-state index in [-0.39, 0.29) is 35.6 Å². The Morgan fingerprint density at radius 3 is 2.38 bits per heavy atom. The summed E-state index contributed by atoms with van der Waals surface area (Å²) in [6.07, 6.45) is -3.46. The van der Waals surface area contributed by atoms with Gasteiger partial charge in [0, 0.05) is 23.6 Å². The average molecular weight is 566 g/mol. The Morgan fingerprint density at radius 1 is 1.03 bits per heavy atom. The van der Waals surface area contributed by atoms with Crippen molar-refractivity contribution in [1.82, 2.24) is 10.3 Å². The summed E-state index contributed by atoms with van der Waals surface area (Å²) in [6.45, 7) is 3.13. The van der Waals surface area contributed by atoms with Gasteiger partial charge in [0.05, 0.1) is 11.3 Å². The fourth-order valence-electron chi connectivity index (χ4n) is 4.32. The first-order chi connectivity index (χ1) is 18.3. The van der Waals surface area contributed by atoms with Crippen molar-refractivity contribution in [3.8, 4) is 11.1 Å². The molecule has 2 N–H and O–H groups in total. The number of halogens is 5. The minimum atomic E-state index is -4.59. The SMILES string of the molecule is CP(C)(=O)c1ccccc1-c1ccc(N2CCCC(NC(=O)Nc3ccc(C(F)(F)F)cn3)C2=O)c(F)c1F. The second-order valence-corrected chi connectivity index (χ2v) is 12.5. The summed E-state index contributed by atoms with van der Waals surface area (Å²) >= 11 is 0. The Bertz CT molecular complexity index is 1460. The highest BCUT2D eigenvalue weighted by Gasteiger charge is 2.34. The Balaban J connectivity index is 1.51. The van der Waals surface area contributed by atoms with E-state index in [1.54, 1.807) is 24.3 Å². The van der Waals surface area contributed by atoms with Crippen LogP contribution in [0.15, 0.2) is 54.7 Å². The maximum atomic E-state index is 15.3. The van der Waals surface area contributed by atoms with Gasteiger partial charge in [0.2, 0.25) is 5.91 Å². The van der Waals surface area contributed by atoms with Gasteiger partial charge < -0.3 is 14.8 Å². The van der Waals surface area contributed by atoms with E-state index >= 15 is 8.78 Å². The molecule has 39 heavy (non-hydrogen) atoms. The number of alkyl halides is 3. The van der Waals surface area contributed by atoms with Crippen LogP contribution in [-0.2, 0) is 15.5 Å². The Labute approximate surface area is 220 Å². The normalized spacial score (nSPS) is 16.2. The van der Waals surface area contributed by atoms with Crippen molar-refractivity contribution in [2.45, 2.75) is 25.1 Å². The predicted molar refractivity (Wildman–Crippen MR) is 138 cm³/mol. The molecule has 1 aromatic heterocycles. The maximum absolute atomic E-state index is 15.3. The van der Waals surface area contributed by atoms with Crippen LogP contribution in [0.1, 0.15) is 18.4 Å². The van der Waals surface area contributed by atoms with Crippen LogP contribution < -0.4 is 20.8 Å². The van der Waals surface area contributed by atoms with Crippen molar-refractivity contribution in [2.75, 3.05) is 30.1 Å². The molecule has 0 aliphatic carbocycles. The molecule has 206 valence electrons. The quantitative estimate of drug-likeness (QED) is 0.310. The number of carbonyl (C=O) groups is 2. The number of nitrogens with one attached hydrogen (secondary N) is 2. The van der Waals surface area contributed by atoms with Crippen molar-refractivity contribution in [2.24, 2.45) is 0 Å². The molecule has 1 atom stereocenters. The highest BCUT2D eigenvalue weighted by atomic mass is 31.2. The standard InChI is InChI=1S/C26H24F5N4O3P/c1-39(2,38)20-8-4-3-6-16(20)17-10-11-19(23(28)22(17)27)35-13-5-7-18(24(35)36)33-25(37)34-21-12-9-15(14-32-21)26(29,30)31/h3-4,6,8-12,14,18H,5,7,13H2,1-2H3,(H2,32,33,34,37). The third kappa shape index (κ3) is 6.11. The van der Waals surface area contributed by atoms with Crippen LogP contribution in [0.25, 0.3) is 11.1 Å². The number of urea groups is 1. The van der Waals surface area contributed by atoms with Gasteiger partial charge in [-0.15, -0.1) is 0 Å². The van der Waals surface area contributed by atoms with Crippen molar-refractivity contribution in [3.05, 3.63) is 71.9 Å². The van der Waals surface area contributed by atoms with Crippen LogP contribution in [0.4, 0.5) is 38.3 Å². The number of hydrogen-bond acceptors (Lipinski definition) is 4. The van der Waals surface area contributed by atoms with Crippen LogP contribution >= 0.6 is 7.14 Å². The maximum Gasteiger partial charge on any atom is 0.417 e. The van der Waals surface area contributed by atoms with Gasteiger partial charge in [-0.3, -0.25) is 10.1 Å². The van der Waals surface area contributed by atoms with Gasteiger partial charge in [-0.05, 0) is 56.0 Å². The largest absolute Gasteiger partial charge is 0.417 e. The van der Waals surface area contributed by atoms with E-state index in [9.17, 15) is 27.3 Å². The molecule has 1 unspecified atom stereocenters. The number of anilines is 2. The van der Waals surface area contributed by atoms with Gasteiger partial charge in [-0.2, -0.15) is 13.2 Å². The number of piperidine rings is 1. The summed E-state index contributed by atoms with van der Waals surface area (Å²) < 4.78 is 81.4. The van der Waals surface area contributed by atoms with Gasteiger partial charge in [0.1, 0.15) is 19.0 Å². The van der Waals surface area contributed by atoms with E-state index in [4.69, 9.17) is 0 Å². The molecule has 1 aliphatic rings. The van der Waals surface area contributed by atoms with E-state index in [0.717, 1.165) is 17.0 Å². The number of carbonyl (C=O) groups excluding carboxylic acids is 2. The minimum Gasteiger partial charge on any atom is -0.326 e. The average Bonchev–Trinajstić information content (AvgIpc) is 2.86. The summed E-state index contributed by atoms with van der Waals surface area (Å²) in [7, 11) is -2.82. The van der Waals surface area contributed by atoms with Crippen molar-refractivity contribution in [1.29, 1.82) is 0 Å². The first-order valence-corrected chi connectivity index (χ1v) is 14.4. The van der Waals surface area contributed by atoms with E-state index in [1.165, 1.54) is 25.5 Å². The molecule has 3 aromatic rings. The van der Waals surface area contributed by atoms with Crippen LogP contribution in [-0.4, -0.2) is 42.8 Å². The number of rotatable bonds is 5. The van der Waals surface area contributed by atoms with Crippen molar-refractivity contribution < 1.29 is 36.1 Å². The monoisotopic (exact) mass is 566 g/mol. The smallest absolute Gasteiger partial charge is 0.326 e. The molecule has 4 rings (SSSR count). The Hall–Kier alpha value is -3.79. The van der Waals surface area contributed by atoms with Gasteiger partial charge in [0.25, 0.3) is 0 Å². The topological polar surface area (TPSA) is 91.4 Å². The molecular weight excluding hydrogens is 542 g/mol. The number of amides is 3. The second-order valence-electron chi connectivity index (χ2n) is 9.34. The summed E-state index contributed by atoms with van der Waals surface area (Å²) in [5.74, 6) is -3.33. The third-order valence-electron chi connectivity index (χ3n) is 6.20. The molecule has 1 fully saturated rings. The molecule has 0 bridgehead atoms. The fourth-order valence-corrected chi connectivity index (χ4v) is 5.54. The van der Waals surface area contributed by atoms with Gasteiger partial charge in [0.15, 0.2) is 11.6 Å². The molecule has 3 amide bonds. The van der Waals surface area contributed by atoms with E-state index in [1.807, 2.05) is 0 Å². The third-order valence-corrected chi connectivity index (χ3v) is 7.75. The summed E-state index contributed by atoms with van der Waals surface area (Å²) in [5, 5.41) is 5.05. The molecule has 0 radical (unpaired) electrons. The van der Waals surface area contributed by atoms with E-state index in [2.05, 4.69) is 15.6 Å². The zero-order valence-electron chi connectivity index (χ0n) is 20.9. The lowest BCUT2D eigenvalue weighted by Crippen LogP contribution is -2.53. The lowest BCUT2D eigenvalue weighted by Gasteiger charge is -2.33. The molecule has 1 saturated heterocycles. The van der Waals surface area contributed by atoms with Crippen molar-refractivity contribution in [3.63, 3.8) is 0 Å². The van der Waals surface area contributed by atoms with Gasteiger partial charge in [-0.1, -0.05) is 24.3 Å². The van der Waals surface area contributed by atoms with Crippen LogP contribution in [0.2, 0.25) is 0 Å². The number of nitrogens with zero attached hydrogens (tertiary/aromatic N) is 2. The minimum absolute atomic E-state index is 0.0739. The molecule has 0 spiro atoms. The van der Waals surface area contributed by atoms with Crippen molar-refractivity contribution >= 4 is 35.9 Å². The molecule has 0 saturated carbocycles. The molecule has 13 heteroatoms. The molecule has 2 heterocycles. The lowest BCUT2D eigenvalue weighted by molar-refractivity contribution is -0.137. The molecule has 7 nitrogen and oxygen atoms in total. The zero-order valence-corrected chi connectivity index (χ0v) is 21.7. The first-order valence-electron chi connectivity index (χ1n) is 11.8. The number of hydrogen-bond donors (Lipinski definition) is 2. The summed E-state index contributed by atoms with van der Waals surface area (Å²) in [5.41, 5.74) is -1.12. The number of aromatic nitrogens is 1. The predicted octanol–water partition coefficient (Wildman–Crippen LogP) is 5.61. The van der Waals surface area contributed by atoms with E-state index < -0.39 is 48.5 Å². The van der Waals surface area contributed by atoms with Crippen LogP contribution in [0.3, 0.4) is 0 Å². The highest BCUT2D eigenvalue weighted by molar-refractivity contribution is 7.70. The second kappa shape index (κ2) is 10.8. The van der Waals surface area contributed by atoms with Crippen LogP contribution in [0.5, 0.6) is 0 Å². The first kappa shape index (κ1) is 28.2. The summed E-state index contributed by atoms with van der Waals surface area (Å²) in [4.78, 5) is 30.0. The number of benzene rings is 2. The zero-order chi connectivity index (χ0) is 28.5. The van der Waals surface area contributed by atoms with Gasteiger partial charge >= 0.3 is 12.2 Å². The number of pyridine rings is 1. The van der Waals surface area contributed by atoms with Crippen LogP contribution in [0, 0.1) is 11.6 Å². The Kier molecular flexibility index (Phi) is 7.79. The Morgan fingerprint density at radius 2 is 1.74 bits per heavy atom. The fraction of sp³-hybridized carbons (Fsp3) is 0.269.